The Balaban J connectivity index is 1.76. The third-order valence-corrected chi connectivity index (χ3v) is 5.28. The van der Waals surface area contributed by atoms with Gasteiger partial charge in [0.15, 0.2) is 0 Å². The van der Waals surface area contributed by atoms with Gasteiger partial charge in [0.2, 0.25) is 10.0 Å². The van der Waals surface area contributed by atoms with Gasteiger partial charge in [0, 0.05) is 18.8 Å². The maximum absolute atomic E-state index is 13.2. The highest BCUT2D eigenvalue weighted by Crippen LogP contribution is 2.35. The topological polar surface area (TPSA) is 75.5 Å². The van der Waals surface area contributed by atoms with E-state index in [1.807, 2.05) is 18.2 Å². The van der Waals surface area contributed by atoms with Gasteiger partial charge < -0.3 is 0 Å². The highest BCUT2D eigenvalue weighted by molar-refractivity contribution is 7.88. The molecule has 0 N–H and O–H groups in total. The van der Waals surface area contributed by atoms with Gasteiger partial charge in [-0.1, -0.05) is 18.2 Å². The SMILES string of the molecule is CS(=O)(=O)N1N=C(c2ccc(F)cc2)C[C@H]1c1ccc2nccnc2c1. The molecule has 0 saturated heterocycles. The van der Waals surface area contributed by atoms with Crippen LogP contribution in [0.5, 0.6) is 0 Å². The van der Waals surface area contributed by atoms with Crippen LogP contribution in [0, 0.1) is 5.82 Å². The number of hydrogen-bond donors (Lipinski definition) is 0. The Bertz CT molecular complexity index is 1110. The van der Waals surface area contributed by atoms with Gasteiger partial charge in [0.25, 0.3) is 0 Å². The van der Waals surface area contributed by atoms with E-state index < -0.39 is 16.1 Å². The van der Waals surface area contributed by atoms with E-state index in [9.17, 15) is 12.8 Å². The number of fused-ring (bicyclic) bond motifs is 1. The van der Waals surface area contributed by atoms with Crippen molar-refractivity contribution in [1.82, 2.24) is 14.4 Å². The van der Waals surface area contributed by atoms with E-state index in [4.69, 9.17) is 0 Å². The van der Waals surface area contributed by atoms with E-state index in [1.54, 1.807) is 24.5 Å². The summed E-state index contributed by atoms with van der Waals surface area (Å²) >= 11 is 0. The third-order valence-electron chi connectivity index (χ3n) is 4.27. The average molecular weight is 370 g/mol. The molecule has 2 heterocycles. The minimum absolute atomic E-state index is 0.350. The minimum atomic E-state index is -3.57. The lowest BCUT2D eigenvalue weighted by atomic mass is 9.99. The van der Waals surface area contributed by atoms with Crippen molar-refractivity contribution in [2.24, 2.45) is 5.10 Å². The lowest BCUT2D eigenvalue weighted by molar-refractivity contribution is 0.375. The van der Waals surface area contributed by atoms with E-state index in [0.717, 1.165) is 21.8 Å². The van der Waals surface area contributed by atoms with Crippen molar-refractivity contribution in [3.63, 3.8) is 0 Å². The van der Waals surface area contributed by atoms with Crippen LogP contribution in [-0.4, -0.2) is 34.8 Å². The first-order valence-corrected chi connectivity index (χ1v) is 9.80. The normalized spacial score (nSPS) is 17.5. The summed E-state index contributed by atoms with van der Waals surface area (Å²) in [6.07, 6.45) is 4.72. The van der Waals surface area contributed by atoms with Crippen LogP contribution >= 0.6 is 0 Å². The van der Waals surface area contributed by atoms with E-state index >= 15 is 0 Å². The van der Waals surface area contributed by atoms with Crippen molar-refractivity contribution in [3.05, 3.63) is 71.8 Å². The molecule has 6 nitrogen and oxygen atoms in total. The van der Waals surface area contributed by atoms with Crippen molar-refractivity contribution in [3.8, 4) is 0 Å². The van der Waals surface area contributed by atoms with Crippen molar-refractivity contribution < 1.29 is 12.8 Å². The summed E-state index contributed by atoms with van der Waals surface area (Å²) in [5.41, 5.74) is 3.50. The van der Waals surface area contributed by atoms with Crippen molar-refractivity contribution in [1.29, 1.82) is 0 Å². The number of nitrogens with zero attached hydrogens (tertiary/aromatic N) is 4. The molecule has 1 aliphatic heterocycles. The van der Waals surface area contributed by atoms with Gasteiger partial charge in [0.1, 0.15) is 5.82 Å². The zero-order chi connectivity index (χ0) is 18.3. The summed E-state index contributed by atoms with van der Waals surface area (Å²) in [6, 6.07) is 10.9. The molecule has 1 aliphatic rings. The van der Waals surface area contributed by atoms with Gasteiger partial charge in [0.05, 0.1) is 29.0 Å². The molecular formula is C18H15FN4O2S. The molecule has 1 aromatic heterocycles. The minimum Gasteiger partial charge on any atom is -0.253 e. The molecule has 0 fully saturated rings. The molecule has 0 unspecified atom stereocenters. The third kappa shape index (κ3) is 3.03. The average Bonchev–Trinajstić information content (AvgIpc) is 3.08. The monoisotopic (exact) mass is 370 g/mol. The Morgan fingerprint density at radius 3 is 2.42 bits per heavy atom. The van der Waals surface area contributed by atoms with Gasteiger partial charge in [-0.05, 0) is 35.4 Å². The van der Waals surface area contributed by atoms with Gasteiger partial charge in [-0.2, -0.15) is 9.52 Å². The van der Waals surface area contributed by atoms with Crippen LogP contribution in [0.4, 0.5) is 4.39 Å². The Morgan fingerprint density at radius 2 is 1.73 bits per heavy atom. The molecule has 0 saturated carbocycles. The lowest BCUT2D eigenvalue weighted by Crippen LogP contribution is -2.25. The fourth-order valence-corrected chi connectivity index (χ4v) is 3.95. The highest BCUT2D eigenvalue weighted by Gasteiger charge is 2.34. The first-order chi connectivity index (χ1) is 12.4. The largest absolute Gasteiger partial charge is 0.253 e. The summed E-state index contributed by atoms with van der Waals surface area (Å²) in [4.78, 5) is 8.51. The molecule has 0 radical (unpaired) electrons. The van der Waals surface area contributed by atoms with Crippen LogP contribution < -0.4 is 0 Å². The molecule has 26 heavy (non-hydrogen) atoms. The van der Waals surface area contributed by atoms with Crippen molar-refractivity contribution in [2.75, 3.05) is 6.26 Å². The predicted octanol–water partition coefficient (Wildman–Crippen LogP) is 2.88. The molecule has 132 valence electrons. The number of aromatic nitrogens is 2. The Hall–Kier alpha value is -2.87. The quantitative estimate of drug-likeness (QED) is 0.710. The van der Waals surface area contributed by atoms with Crippen LogP contribution in [0.1, 0.15) is 23.6 Å². The fourth-order valence-electron chi connectivity index (χ4n) is 3.05. The van der Waals surface area contributed by atoms with Crippen LogP contribution in [-0.2, 0) is 10.0 Å². The van der Waals surface area contributed by atoms with E-state index in [-0.39, 0.29) is 5.82 Å². The Morgan fingerprint density at radius 1 is 1.04 bits per heavy atom. The summed E-state index contributed by atoms with van der Waals surface area (Å²) in [7, 11) is -3.57. The molecule has 3 aromatic rings. The predicted molar refractivity (Wildman–Crippen MR) is 96.5 cm³/mol. The maximum Gasteiger partial charge on any atom is 0.247 e. The highest BCUT2D eigenvalue weighted by atomic mass is 32.2. The number of benzene rings is 2. The number of hydrazone groups is 1. The number of rotatable bonds is 3. The zero-order valence-corrected chi connectivity index (χ0v) is 14.7. The molecule has 2 aromatic carbocycles. The summed E-state index contributed by atoms with van der Waals surface area (Å²) in [6.45, 7) is 0. The molecule has 0 amide bonds. The summed E-state index contributed by atoms with van der Waals surface area (Å²) in [5, 5.41) is 4.30. The molecule has 0 aliphatic carbocycles. The Kier molecular flexibility index (Phi) is 3.91. The van der Waals surface area contributed by atoms with Crippen molar-refractivity contribution in [2.45, 2.75) is 12.5 Å². The van der Waals surface area contributed by atoms with Gasteiger partial charge in [-0.25, -0.2) is 12.8 Å². The maximum atomic E-state index is 13.2. The number of halogens is 1. The fraction of sp³-hybridized carbons (Fsp3) is 0.167. The summed E-state index contributed by atoms with van der Waals surface area (Å²) in [5.74, 6) is -0.350. The molecule has 0 bridgehead atoms. The van der Waals surface area contributed by atoms with Crippen LogP contribution in [0.2, 0.25) is 0 Å². The molecular weight excluding hydrogens is 355 g/mol. The second-order valence-corrected chi connectivity index (χ2v) is 7.95. The second kappa shape index (κ2) is 6.14. The smallest absolute Gasteiger partial charge is 0.247 e. The second-order valence-electron chi connectivity index (χ2n) is 6.11. The molecule has 1 atom stereocenters. The zero-order valence-electron chi connectivity index (χ0n) is 13.9. The summed E-state index contributed by atoms with van der Waals surface area (Å²) < 4.78 is 38.8. The van der Waals surface area contributed by atoms with E-state index in [2.05, 4.69) is 15.1 Å². The van der Waals surface area contributed by atoms with Crippen LogP contribution in [0.25, 0.3) is 11.0 Å². The molecule has 8 heteroatoms. The Labute approximate surface area is 150 Å². The molecule has 4 rings (SSSR count). The van der Waals surface area contributed by atoms with Crippen molar-refractivity contribution >= 4 is 26.8 Å². The van der Waals surface area contributed by atoms with Crippen LogP contribution in [0.3, 0.4) is 0 Å². The number of hydrogen-bond acceptors (Lipinski definition) is 5. The van der Waals surface area contributed by atoms with Gasteiger partial charge in [-0.15, -0.1) is 0 Å². The van der Waals surface area contributed by atoms with Gasteiger partial charge in [-0.3, -0.25) is 9.97 Å². The first kappa shape index (κ1) is 16.6. The standard InChI is InChI=1S/C18H15FN4O2S/c1-26(24,25)23-18(11-16(22-23)12-2-5-14(19)6-3-12)13-4-7-15-17(10-13)21-9-8-20-15/h2-10,18H,11H2,1H3/t18-/m0/s1. The number of sulfonamides is 1. The lowest BCUT2D eigenvalue weighted by Gasteiger charge is -2.21. The van der Waals surface area contributed by atoms with Crippen LogP contribution in [0.15, 0.2) is 60.0 Å². The van der Waals surface area contributed by atoms with E-state index in [1.165, 1.54) is 12.1 Å². The first-order valence-electron chi connectivity index (χ1n) is 7.95. The van der Waals surface area contributed by atoms with Gasteiger partial charge >= 0.3 is 0 Å². The molecule has 0 spiro atoms. The van der Waals surface area contributed by atoms with E-state index in [0.29, 0.717) is 23.2 Å².